The highest BCUT2D eigenvalue weighted by molar-refractivity contribution is 7.98. The van der Waals surface area contributed by atoms with E-state index in [1.807, 2.05) is 17.5 Å². The van der Waals surface area contributed by atoms with Crippen molar-refractivity contribution in [3.05, 3.63) is 39.9 Å². The number of rotatable bonds is 5. The molecule has 0 amide bonds. The molecule has 1 unspecified atom stereocenters. The number of nitrogens with zero attached hydrogens (tertiary/aromatic N) is 4. The highest BCUT2D eigenvalue weighted by Crippen LogP contribution is 2.37. The Morgan fingerprint density at radius 2 is 2.26 bits per heavy atom. The first kappa shape index (κ1) is 17.2. The van der Waals surface area contributed by atoms with Crippen LogP contribution in [0.4, 0.5) is 0 Å². The van der Waals surface area contributed by atoms with Gasteiger partial charge < -0.3 is 8.94 Å². The van der Waals surface area contributed by atoms with E-state index in [9.17, 15) is 0 Å². The molecule has 0 spiro atoms. The van der Waals surface area contributed by atoms with E-state index in [0.717, 1.165) is 28.5 Å². The summed E-state index contributed by atoms with van der Waals surface area (Å²) < 4.78 is 11.1. The van der Waals surface area contributed by atoms with Crippen LogP contribution in [-0.2, 0) is 18.6 Å². The molecule has 4 aromatic heterocycles. The smallest absolute Gasteiger partial charge is 0.277 e. The van der Waals surface area contributed by atoms with Gasteiger partial charge in [-0.05, 0) is 48.3 Å². The summed E-state index contributed by atoms with van der Waals surface area (Å²) in [5.41, 5.74) is 1.44. The maximum atomic E-state index is 5.84. The summed E-state index contributed by atoms with van der Waals surface area (Å²) in [6, 6.07) is 6.15. The Hall–Kier alpha value is -1.97. The van der Waals surface area contributed by atoms with Gasteiger partial charge in [-0.25, -0.2) is 0 Å². The molecular weight excluding hydrogens is 400 g/mol. The quantitative estimate of drug-likeness (QED) is 0.407. The maximum Gasteiger partial charge on any atom is 0.277 e. The fourth-order valence-corrected chi connectivity index (χ4v) is 5.50. The van der Waals surface area contributed by atoms with Crippen LogP contribution in [0.5, 0.6) is 0 Å². The number of aryl methyl sites for hydroxylation is 1. The van der Waals surface area contributed by atoms with Crippen LogP contribution in [0.2, 0.25) is 0 Å². The summed E-state index contributed by atoms with van der Waals surface area (Å²) >= 11 is 4.77. The van der Waals surface area contributed by atoms with Crippen molar-refractivity contribution in [2.24, 2.45) is 5.92 Å². The van der Waals surface area contributed by atoms with E-state index >= 15 is 0 Å². The number of hydrogen-bond acceptors (Lipinski definition) is 9. The van der Waals surface area contributed by atoms with Crippen molar-refractivity contribution in [2.75, 3.05) is 0 Å². The van der Waals surface area contributed by atoms with Crippen LogP contribution >= 0.6 is 34.4 Å². The molecule has 0 N–H and O–H groups in total. The molecule has 5 rings (SSSR count). The number of thiophene rings is 2. The van der Waals surface area contributed by atoms with Crippen LogP contribution in [0.3, 0.4) is 0 Å². The summed E-state index contributed by atoms with van der Waals surface area (Å²) in [4.78, 5) is 7.92. The van der Waals surface area contributed by atoms with Gasteiger partial charge in [0.2, 0.25) is 11.7 Å². The van der Waals surface area contributed by atoms with E-state index in [-0.39, 0.29) is 0 Å². The monoisotopic (exact) mass is 416 g/mol. The molecule has 0 fully saturated rings. The van der Waals surface area contributed by atoms with Crippen molar-refractivity contribution >= 4 is 34.4 Å². The van der Waals surface area contributed by atoms with Crippen LogP contribution in [-0.4, -0.2) is 20.3 Å². The molecule has 138 valence electrons. The Balaban J connectivity index is 1.26. The van der Waals surface area contributed by atoms with Crippen molar-refractivity contribution in [3.8, 4) is 21.5 Å². The third-order valence-electron chi connectivity index (χ3n) is 4.48. The number of aromatic nitrogens is 4. The summed E-state index contributed by atoms with van der Waals surface area (Å²) in [7, 11) is 0. The minimum absolute atomic E-state index is 0.498. The first-order valence-electron chi connectivity index (χ1n) is 8.69. The molecule has 0 saturated heterocycles. The van der Waals surface area contributed by atoms with Crippen LogP contribution in [0.1, 0.15) is 29.7 Å². The second-order valence-electron chi connectivity index (χ2n) is 6.56. The summed E-state index contributed by atoms with van der Waals surface area (Å²) in [5, 5.41) is 14.9. The summed E-state index contributed by atoms with van der Waals surface area (Å²) in [6.07, 6.45) is 3.56. The van der Waals surface area contributed by atoms with Gasteiger partial charge in [-0.1, -0.05) is 29.9 Å². The lowest BCUT2D eigenvalue weighted by Gasteiger charge is -2.16. The van der Waals surface area contributed by atoms with Gasteiger partial charge in [0.15, 0.2) is 0 Å². The van der Waals surface area contributed by atoms with Crippen LogP contribution < -0.4 is 0 Å². The van der Waals surface area contributed by atoms with Gasteiger partial charge in [-0.2, -0.15) is 4.98 Å². The number of hydrogen-bond donors (Lipinski definition) is 0. The molecular formula is C18H16N4O2S3. The molecule has 0 radical (unpaired) electrons. The summed E-state index contributed by atoms with van der Waals surface area (Å²) in [6.45, 7) is 2.31. The normalized spacial score (nSPS) is 16.6. The number of thioether (sulfide) groups is 1. The minimum atomic E-state index is 0.498. The Kier molecular flexibility index (Phi) is 4.58. The zero-order valence-corrected chi connectivity index (χ0v) is 17.0. The lowest BCUT2D eigenvalue weighted by molar-refractivity contribution is 0.391. The van der Waals surface area contributed by atoms with E-state index in [1.54, 1.807) is 22.7 Å². The third kappa shape index (κ3) is 3.59. The Bertz CT molecular complexity index is 1050. The average molecular weight is 417 g/mol. The molecule has 9 heteroatoms. The molecule has 1 aliphatic carbocycles. The molecule has 0 aromatic carbocycles. The first-order chi connectivity index (χ1) is 13.2. The largest absolute Gasteiger partial charge is 0.410 e. The van der Waals surface area contributed by atoms with E-state index in [2.05, 4.69) is 33.3 Å². The molecule has 0 saturated carbocycles. The highest BCUT2D eigenvalue weighted by Gasteiger charge is 2.21. The Morgan fingerprint density at radius 3 is 3.15 bits per heavy atom. The molecule has 0 bridgehead atoms. The van der Waals surface area contributed by atoms with Crippen LogP contribution in [0.15, 0.2) is 37.7 Å². The van der Waals surface area contributed by atoms with Gasteiger partial charge in [-0.3, -0.25) is 0 Å². The van der Waals surface area contributed by atoms with E-state index < -0.39 is 0 Å². The second kappa shape index (κ2) is 7.21. The molecule has 4 aromatic rings. The average Bonchev–Trinajstić information content (AvgIpc) is 3.45. The molecule has 0 aliphatic heterocycles. The highest BCUT2D eigenvalue weighted by atomic mass is 32.2. The predicted octanol–water partition coefficient (Wildman–Crippen LogP) is 5.33. The maximum absolute atomic E-state index is 5.84. The molecule has 6 nitrogen and oxygen atoms in total. The van der Waals surface area contributed by atoms with Crippen molar-refractivity contribution in [1.29, 1.82) is 0 Å². The number of fused-ring (bicyclic) bond motifs is 1. The van der Waals surface area contributed by atoms with Crippen LogP contribution in [0.25, 0.3) is 21.5 Å². The van der Waals surface area contributed by atoms with E-state index in [4.69, 9.17) is 8.94 Å². The second-order valence-corrected chi connectivity index (χ2v) is 9.57. The van der Waals surface area contributed by atoms with Gasteiger partial charge in [0, 0.05) is 4.88 Å². The van der Waals surface area contributed by atoms with Gasteiger partial charge in [0.1, 0.15) is 0 Å². The SMILES string of the molecule is CC1CCc2sc(-c3nnc(SCc4nc(-c5cccs5)no4)o3)cc2C1. The molecule has 4 heterocycles. The fourth-order valence-electron chi connectivity index (χ4n) is 3.12. The van der Waals surface area contributed by atoms with E-state index in [1.165, 1.54) is 28.6 Å². The summed E-state index contributed by atoms with van der Waals surface area (Å²) in [5.74, 6) is 3.00. The zero-order valence-electron chi connectivity index (χ0n) is 14.5. The first-order valence-corrected chi connectivity index (χ1v) is 11.4. The molecule has 27 heavy (non-hydrogen) atoms. The zero-order chi connectivity index (χ0) is 18.2. The third-order valence-corrected chi connectivity index (χ3v) is 7.37. The minimum Gasteiger partial charge on any atom is -0.410 e. The van der Waals surface area contributed by atoms with Gasteiger partial charge >= 0.3 is 0 Å². The van der Waals surface area contributed by atoms with Gasteiger partial charge in [0.25, 0.3) is 11.1 Å². The van der Waals surface area contributed by atoms with Crippen molar-refractivity contribution < 1.29 is 8.94 Å². The topological polar surface area (TPSA) is 77.8 Å². The standard InChI is InChI=1S/C18H16N4O2S3/c1-10-4-5-12-11(7-10)8-14(27-12)17-20-21-18(23-17)26-9-15-19-16(22-24-15)13-3-2-6-25-13/h2-3,6,8,10H,4-5,7,9H2,1H3. The van der Waals surface area contributed by atoms with Gasteiger partial charge in [-0.15, -0.1) is 32.9 Å². The fraction of sp³-hybridized carbons (Fsp3) is 0.333. The molecule has 1 aliphatic rings. The van der Waals surface area contributed by atoms with Crippen LogP contribution in [0, 0.1) is 5.92 Å². The molecule has 1 atom stereocenters. The Morgan fingerprint density at radius 1 is 1.30 bits per heavy atom. The Labute approximate surface area is 168 Å². The lowest BCUT2D eigenvalue weighted by Crippen LogP contribution is -2.07. The lowest BCUT2D eigenvalue weighted by atomic mass is 9.90. The van der Waals surface area contributed by atoms with Crippen molar-refractivity contribution in [2.45, 2.75) is 37.2 Å². The predicted molar refractivity (Wildman–Crippen MR) is 106 cm³/mol. The van der Waals surface area contributed by atoms with E-state index in [0.29, 0.717) is 28.6 Å². The van der Waals surface area contributed by atoms with Crippen molar-refractivity contribution in [1.82, 2.24) is 20.3 Å². The van der Waals surface area contributed by atoms with Crippen molar-refractivity contribution in [3.63, 3.8) is 0 Å². The van der Waals surface area contributed by atoms with Gasteiger partial charge in [0.05, 0.1) is 15.5 Å².